The number of carbonyl (C=O) groups excluding carboxylic acids is 3. The summed E-state index contributed by atoms with van der Waals surface area (Å²) < 4.78 is 16.7. The van der Waals surface area contributed by atoms with E-state index in [1.807, 2.05) is 0 Å². The van der Waals surface area contributed by atoms with Crippen molar-refractivity contribution in [3.05, 3.63) is 85.1 Å². The first-order chi connectivity index (χ1) is 34.5. The normalized spacial score (nSPS) is 12.7. The lowest BCUT2D eigenvalue weighted by molar-refractivity contribution is -0.167. The second-order valence-electron chi connectivity index (χ2n) is 19.5. The Kier molecular flexibility index (Phi) is 55.3. The average Bonchev–Trinajstić information content (AvgIpc) is 3.36. The van der Waals surface area contributed by atoms with Crippen LogP contribution < -0.4 is 0 Å². The van der Waals surface area contributed by atoms with E-state index in [4.69, 9.17) is 14.2 Å². The molecule has 1 atom stereocenters. The minimum absolute atomic E-state index is 0.0973. The van der Waals surface area contributed by atoms with E-state index in [2.05, 4.69) is 106 Å². The number of rotatable bonds is 53. The third-order valence-electron chi connectivity index (χ3n) is 12.6. The number of unbranched alkanes of at least 4 members (excludes halogenated alkanes) is 28. The van der Waals surface area contributed by atoms with Crippen LogP contribution in [0.15, 0.2) is 85.1 Å². The molecule has 0 bridgehead atoms. The van der Waals surface area contributed by atoms with Gasteiger partial charge in [-0.05, 0) is 89.9 Å². The van der Waals surface area contributed by atoms with E-state index >= 15 is 0 Å². The van der Waals surface area contributed by atoms with Crippen molar-refractivity contribution in [3.63, 3.8) is 0 Å². The molecule has 0 heterocycles. The lowest BCUT2D eigenvalue weighted by Crippen LogP contribution is -2.30. The van der Waals surface area contributed by atoms with Crippen LogP contribution in [-0.2, 0) is 28.6 Å². The van der Waals surface area contributed by atoms with Crippen molar-refractivity contribution >= 4 is 17.9 Å². The first-order valence-corrected chi connectivity index (χ1v) is 29.6. The van der Waals surface area contributed by atoms with Gasteiger partial charge in [0.2, 0.25) is 0 Å². The van der Waals surface area contributed by atoms with Crippen LogP contribution in [0.3, 0.4) is 0 Å². The van der Waals surface area contributed by atoms with Crippen molar-refractivity contribution in [2.75, 3.05) is 13.2 Å². The maximum atomic E-state index is 12.8. The summed E-state index contributed by atoms with van der Waals surface area (Å²) in [4.78, 5) is 37.8. The molecule has 0 fully saturated rings. The maximum Gasteiger partial charge on any atom is 0.306 e. The molecule has 0 aromatic rings. The predicted octanol–water partition coefficient (Wildman–Crippen LogP) is 19.9. The second-order valence-corrected chi connectivity index (χ2v) is 19.5. The number of hydrogen-bond donors (Lipinski definition) is 0. The van der Waals surface area contributed by atoms with Crippen molar-refractivity contribution in [2.24, 2.45) is 0 Å². The zero-order valence-corrected chi connectivity index (χ0v) is 46.0. The van der Waals surface area contributed by atoms with E-state index in [0.29, 0.717) is 19.3 Å². The molecule has 0 radical (unpaired) electrons. The Morgan fingerprint density at radius 1 is 0.300 bits per heavy atom. The lowest BCUT2D eigenvalue weighted by Gasteiger charge is -2.18. The molecule has 1 unspecified atom stereocenters. The van der Waals surface area contributed by atoms with E-state index < -0.39 is 6.10 Å². The Hall–Kier alpha value is -3.41. The molecule has 0 N–H and O–H groups in total. The Morgan fingerprint density at radius 3 is 0.914 bits per heavy atom. The Morgan fingerprint density at radius 2 is 0.571 bits per heavy atom. The van der Waals surface area contributed by atoms with Crippen LogP contribution >= 0.6 is 0 Å². The van der Waals surface area contributed by atoms with E-state index in [1.165, 1.54) is 154 Å². The summed E-state index contributed by atoms with van der Waals surface area (Å²) in [6.45, 7) is 6.42. The van der Waals surface area contributed by atoms with Gasteiger partial charge < -0.3 is 14.2 Å². The van der Waals surface area contributed by atoms with Gasteiger partial charge in [0.15, 0.2) is 6.10 Å². The number of allylic oxidation sites excluding steroid dienone is 14. The largest absolute Gasteiger partial charge is 0.462 e. The van der Waals surface area contributed by atoms with Gasteiger partial charge in [-0.2, -0.15) is 0 Å². The SMILES string of the molecule is CC/C=C\C/C=C\C/C=C\C/C=C\C/C=C\CCCC(=O)OC(COC(=O)CCCCCCCC)COC(=O)CCCCCCCCCCCCCCCCCCC/C=C\C/C=C\CCCCCCC. The van der Waals surface area contributed by atoms with Gasteiger partial charge in [-0.1, -0.05) is 260 Å². The van der Waals surface area contributed by atoms with Crippen molar-refractivity contribution < 1.29 is 28.6 Å². The molecule has 0 aliphatic carbocycles. The first-order valence-electron chi connectivity index (χ1n) is 29.6. The Balaban J connectivity index is 4.10. The van der Waals surface area contributed by atoms with E-state index in [-0.39, 0.29) is 37.5 Å². The van der Waals surface area contributed by atoms with Gasteiger partial charge in [0.05, 0.1) is 0 Å². The maximum absolute atomic E-state index is 12.8. The third kappa shape index (κ3) is 55.5. The molecule has 0 aromatic carbocycles. The molecular formula is C64H110O6. The number of hydrogen-bond acceptors (Lipinski definition) is 6. The summed E-state index contributed by atoms with van der Waals surface area (Å²) in [5.74, 6) is -0.961. The van der Waals surface area contributed by atoms with Gasteiger partial charge in [0, 0.05) is 19.3 Å². The third-order valence-corrected chi connectivity index (χ3v) is 12.6. The molecule has 0 saturated carbocycles. The molecule has 402 valence electrons. The van der Waals surface area contributed by atoms with Crippen LogP contribution in [0, 0.1) is 0 Å². The van der Waals surface area contributed by atoms with Crippen LogP contribution in [0.2, 0.25) is 0 Å². The molecule has 0 aromatic heterocycles. The average molecular weight is 976 g/mol. The van der Waals surface area contributed by atoms with Crippen LogP contribution in [0.5, 0.6) is 0 Å². The van der Waals surface area contributed by atoms with Gasteiger partial charge in [0.25, 0.3) is 0 Å². The molecule has 0 aliphatic heterocycles. The highest BCUT2D eigenvalue weighted by atomic mass is 16.6. The zero-order valence-electron chi connectivity index (χ0n) is 46.0. The van der Waals surface area contributed by atoms with Gasteiger partial charge in [0.1, 0.15) is 13.2 Å². The summed E-state index contributed by atoms with van der Waals surface area (Å²) >= 11 is 0. The highest BCUT2D eigenvalue weighted by Crippen LogP contribution is 2.16. The van der Waals surface area contributed by atoms with Crippen molar-refractivity contribution in [2.45, 2.75) is 290 Å². The van der Waals surface area contributed by atoms with Crippen LogP contribution in [0.4, 0.5) is 0 Å². The quantitative estimate of drug-likeness (QED) is 0.0261. The van der Waals surface area contributed by atoms with E-state index in [9.17, 15) is 14.4 Å². The smallest absolute Gasteiger partial charge is 0.306 e. The molecule has 0 spiro atoms. The first kappa shape index (κ1) is 66.6. The molecule has 0 rings (SSSR count). The van der Waals surface area contributed by atoms with Crippen molar-refractivity contribution in [3.8, 4) is 0 Å². The van der Waals surface area contributed by atoms with Gasteiger partial charge in [-0.15, -0.1) is 0 Å². The molecule has 0 saturated heterocycles. The van der Waals surface area contributed by atoms with Gasteiger partial charge in [-0.3, -0.25) is 14.4 Å². The number of carbonyl (C=O) groups is 3. The van der Waals surface area contributed by atoms with Crippen molar-refractivity contribution in [1.82, 2.24) is 0 Å². The fourth-order valence-corrected chi connectivity index (χ4v) is 8.22. The number of esters is 3. The summed E-state index contributed by atoms with van der Waals surface area (Å²) in [7, 11) is 0. The standard InChI is InChI=1S/C64H110O6/c1-4-7-10-13-16-18-20-22-24-26-27-28-29-30-31-32-33-34-35-36-37-39-40-42-44-46-48-51-54-57-63(66)69-60-61(59-68-62(65)56-53-50-15-12-9-6-3)70-64(67)58-55-52-49-47-45-43-41-38-25-23-21-19-17-14-11-8-5-2/h8,11,17,19-20,22-23,25-27,41,43,47,49,61H,4-7,9-10,12-16,18,21,24,28-40,42,44-46,48,50-60H2,1-3H3/b11-8-,19-17-,22-20-,25-23-,27-26-,43-41-,49-47-. The summed E-state index contributed by atoms with van der Waals surface area (Å²) in [6, 6.07) is 0. The Labute approximate surface area is 433 Å². The molecular weight excluding hydrogens is 865 g/mol. The summed E-state index contributed by atoms with van der Waals surface area (Å²) in [6.07, 6.45) is 76.3. The molecule has 0 amide bonds. The number of ether oxygens (including phenoxy) is 3. The highest BCUT2D eigenvalue weighted by Gasteiger charge is 2.19. The van der Waals surface area contributed by atoms with Crippen LogP contribution in [-0.4, -0.2) is 37.2 Å². The summed E-state index contributed by atoms with van der Waals surface area (Å²) in [5.41, 5.74) is 0. The van der Waals surface area contributed by atoms with E-state index in [0.717, 1.165) is 83.5 Å². The second kappa shape index (κ2) is 58.2. The van der Waals surface area contributed by atoms with Crippen LogP contribution in [0.25, 0.3) is 0 Å². The monoisotopic (exact) mass is 975 g/mol. The Bertz CT molecular complexity index is 1350. The topological polar surface area (TPSA) is 78.9 Å². The molecule has 70 heavy (non-hydrogen) atoms. The van der Waals surface area contributed by atoms with Crippen molar-refractivity contribution in [1.29, 1.82) is 0 Å². The minimum atomic E-state index is -0.802. The summed E-state index contributed by atoms with van der Waals surface area (Å²) in [5, 5.41) is 0. The molecule has 6 nitrogen and oxygen atoms in total. The van der Waals surface area contributed by atoms with Gasteiger partial charge in [-0.25, -0.2) is 0 Å². The predicted molar refractivity (Wildman–Crippen MR) is 302 cm³/mol. The highest BCUT2D eigenvalue weighted by molar-refractivity contribution is 5.71. The lowest BCUT2D eigenvalue weighted by atomic mass is 10.0. The van der Waals surface area contributed by atoms with Gasteiger partial charge >= 0.3 is 17.9 Å². The molecule has 0 aliphatic rings. The molecule has 6 heteroatoms. The minimum Gasteiger partial charge on any atom is -0.462 e. The van der Waals surface area contributed by atoms with Crippen LogP contribution in [0.1, 0.15) is 284 Å². The zero-order chi connectivity index (χ0) is 50.7. The fraction of sp³-hybridized carbons (Fsp3) is 0.734. The fourth-order valence-electron chi connectivity index (χ4n) is 8.22. The van der Waals surface area contributed by atoms with E-state index in [1.54, 1.807) is 0 Å².